The van der Waals surface area contributed by atoms with Crippen LogP contribution in [0.2, 0.25) is 0 Å². The molecular weight excluding hydrogens is 310 g/mol. The van der Waals surface area contributed by atoms with Crippen LogP contribution in [0.25, 0.3) is 10.9 Å². The lowest BCUT2D eigenvalue weighted by molar-refractivity contribution is -0.120. The summed E-state index contributed by atoms with van der Waals surface area (Å²) in [5.41, 5.74) is 8.05. The summed E-state index contributed by atoms with van der Waals surface area (Å²) >= 11 is 0. The Balaban J connectivity index is 0.00000192. The van der Waals surface area contributed by atoms with Gasteiger partial charge in [-0.25, -0.2) is 0 Å². The number of benzene rings is 1. The summed E-state index contributed by atoms with van der Waals surface area (Å²) in [7, 11) is 0. The van der Waals surface area contributed by atoms with Crippen LogP contribution in [0.3, 0.4) is 0 Å². The van der Waals surface area contributed by atoms with Gasteiger partial charge < -0.3 is 15.6 Å². The molecule has 0 radical (unpaired) electrons. The number of hydrogen-bond acceptors (Lipinski definition) is 2. The largest absolute Gasteiger partial charge is 0.347 e. The molecule has 1 aliphatic rings. The van der Waals surface area contributed by atoms with Crippen LogP contribution < -0.4 is 11.1 Å². The molecule has 23 heavy (non-hydrogen) atoms. The van der Waals surface area contributed by atoms with Gasteiger partial charge in [-0.05, 0) is 49.3 Å². The van der Waals surface area contributed by atoms with Crippen molar-refractivity contribution in [2.24, 2.45) is 11.7 Å². The second-order valence-corrected chi connectivity index (χ2v) is 6.40. The highest BCUT2D eigenvalue weighted by molar-refractivity contribution is 5.95. The Kier molecular flexibility index (Phi) is 6.08. The Morgan fingerprint density at radius 2 is 2.17 bits per heavy atom. The molecule has 126 valence electrons. The predicted octanol–water partition coefficient (Wildman–Crippen LogP) is 3.93. The Labute approximate surface area is 143 Å². The van der Waals surface area contributed by atoms with Crippen molar-refractivity contribution in [1.82, 2.24) is 4.57 Å². The molecule has 1 aromatic carbocycles. The summed E-state index contributed by atoms with van der Waals surface area (Å²) in [4.78, 5) is 12.4. The fourth-order valence-electron chi connectivity index (χ4n) is 3.41. The molecule has 0 spiro atoms. The number of carbonyl (C=O) groups excluding carboxylic acids is 1. The number of rotatable bonds is 4. The summed E-state index contributed by atoms with van der Waals surface area (Å²) < 4.78 is 2.24. The molecule has 1 saturated carbocycles. The van der Waals surface area contributed by atoms with Crippen molar-refractivity contribution in [3.63, 3.8) is 0 Å². The monoisotopic (exact) mass is 335 g/mol. The SMILES string of the molecule is CCCn1ccc2ccc(NC(=O)C3CCCC(N)C3)cc21.Cl. The van der Waals surface area contributed by atoms with Gasteiger partial charge in [-0.2, -0.15) is 0 Å². The van der Waals surface area contributed by atoms with Gasteiger partial charge in [0.15, 0.2) is 0 Å². The van der Waals surface area contributed by atoms with Crippen LogP contribution >= 0.6 is 12.4 Å². The van der Waals surface area contributed by atoms with E-state index in [1.54, 1.807) is 0 Å². The molecule has 1 aromatic heterocycles. The van der Waals surface area contributed by atoms with Crippen molar-refractivity contribution in [3.05, 3.63) is 30.5 Å². The third-order valence-corrected chi connectivity index (χ3v) is 4.59. The average molecular weight is 336 g/mol. The highest BCUT2D eigenvalue weighted by Crippen LogP contribution is 2.26. The molecule has 0 aliphatic heterocycles. The quantitative estimate of drug-likeness (QED) is 0.889. The molecule has 2 atom stereocenters. The summed E-state index contributed by atoms with van der Waals surface area (Å²) in [5, 5.41) is 4.29. The number of nitrogens with one attached hydrogen (secondary N) is 1. The molecular formula is C18H26ClN3O. The van der Waals surface area contributed by atoms with Crippen molar-refractivity contribution in [2.75, 3.05) is 5.32 Å². The molecule has 0 saturated heterocycles. The van der Waals surface area contributed by atoms with Gasteiger partial charge in [-0.15, -0.1) is 12.4 Å². The van der Waals surface area contributed by atoms with Gasteiger partial charge in [-0.3, -0.25) is 4.79 Å². The van der Waals surface area contributed by atoms with Gasteiger partial charge >= 0.3 is 0 Å². The molecule has 2 aromatic rings. The average Bonchev–Trinajstić information content (AvgIpc) is 2.90. The number of aromatic nitrogens is 1. The third-order valence-electron chi connectivity index (χ3n) is 4.59. The van der Waals surface area contributed by atoms with E-state index in [1.807, 2.05) is 6.07 Å². The Morgan fingerprint density at radius 1 is 1.35 bits per heavy atom. The maximum atomic E-state index is 12.4. The molecule has 1 heterocycles. The number of fused-ring (bicyclic) bond motifs is 1. The number of nitrogens with two attached hydrogens (primary N) is 1. The molecule has 4 nitrogen and oxygen atoms in total. The van der Waals surface area contributed by atoms with Crippen LogP contribution in [-0.4, -0.2) is 16.5 Å². The van der Waals surface area contributed by atoms with E-state index in [2.05, 4.69) is 41.2 Å². The third kappa shape index (κ3) is 4.06. The highest BCUT2D eigenvalue weighted by Gasteiger charge is 2.25. The second kappa shape index (κ2) is 7.84. The molecule has 2 unspecified atom stereocenters. The van der Waals surface area contributed by atoms with Gasteiger partial charge in [0.25, 0.3) is 0 Å². The van der Waals surface area contributed by atoms with Gasteiger partial charge in [0, 0.05) is 30.4 Å². The summed E-state index contributed by atoms with van der Waals surface area (Å²) in [5.74, 6) is 0.171. The van der Waals surface area contributed by atoms with Gasteiger partial charge in [0.1, 0.15) is 0 Å². The maximum Gasteiger partial charge on any atom is 0.227 e. The minimum atomic E-state index is 0. The predicted molar refractivity (Wildman–Crippen MR) is 98.0 cm³/mol. The summed E-state index contributed by atoms with van der Waals surface area (Å²) in [6, 6.07) is 8.43. The summed E-state index contributed by atoms with van der Waals surface area (Å²) in [6.45, 7) is 3.17. The minimum Gasteiger partial charge on any atom is -0.347 e. The van der Waals surface area contributed by atoms with E-state index in [1.165, 1.54) is 10.9 Å². The van der Waals surface area contributed by atoms with Gasteiger partial charge in [0.05, 0.1) is 5.52 Å². The van der Waals surface area contributed by atoms with E-state index >= 15 is 0 Å². The first kappa shape index (κ1) is 17.8. The topological polar surface area (TPSA) is 60.0 Å². The molecule has 0 bridgehead atoms. The van der Waals surface area contributed by atoms with Crippen LogP contribution in [0.1, 0.15) is 39.0 Å². The Bertz CT molecular complexity index is 667. The van der Waals surface area contributed by atoms with E-state index in [-0.39, 0.29) is 30.3 Å². The van der Waals surface area contributed by atoms with Crippen molar-refractivity contribution in [3.8, 4) is 0 Å². The smallest absolute Gasteiger partial charge is 0.227 e. The van der Waals surface area contributed by atoms with Crippen LogP contribution in [0, 0.1) is 5.92 Å². The number of amides is 1. The van der Waals surface area contributed by atoms with Crippen LogP contribution in [0.5, 0.6) is 0 Å². The maximum absolute atomic E-state index is 12.4. The fourth-order valence-corrected chi connectivity index (χ4v) is 3.41. The van der Waals surface area contributed by atoms with Gasteiger partial charge in [0.2, 0.25) is 5.91 Å². The van der Waals surface area contributed by atoms with Crippen molar-refractivity contribution in [1.29, 1.82) is 0 Å². The first-order chi connectivity index (χ1) is 10.7. The van der Waals surface area contributed by atoms with Crippen LogP contribution in [-0.2, 0) is 11.3 Å². The lowest BCUT2D eigenvalue weighted by atomic mass is 9.85. The first-order valence-electron chi connectivity index (χ1n) is 8.32. The standard InChI is InChI=1S/C18H25N3O.ClH/c1-2-9-21-10-8-13-6-7-16(12-17(13)21)20-18(22)14-4-3-5-15(19)11-14;/h6-8,10,12,14-15H,2-5,9,11,19H2,1H3,(H,20,22);1H. The van der Waals surface area contributed by atoms with Gasteiger partial charge in [-0.1, -0.05) is 19.4 Å². The zero-order chi connectivity index (χ0) is 15.5. The van der Waals surface area contributed by atoms with E-state index in [0.29, 0.717) is 0 Å². The summed E-state index contributed by atoms with van der Waals surface area (Å²) in [6.07, 6.45) is 7.06. The minimum absolute atomic E-state index is 0. The fraction of sp³-hybridized carbons (Fsp3) is 0.500. The Morgan fingerprint density at radius 3 is 2.91 bits per heavy atom. The molecule has 3 rings (SSSR count). The highest BCUT2D eigenvalue weighted by atomic mass is 35.5. The Hall–Kier alpha value is -1.52. The molecule has 5 heteroatoms. The van der Waals surface area contributed by atoms with Crippen molar-refractivity contribution >= 4 is 34.9 Å². The lowest BCUT2D eigenvalue weighted by Crippen LogP contribution is -2.34. The normalized spacial score (nSPS) is 21.0. The van der Waals surface area contributed by atoms with Crippen molar-refractivity contribution in [2.45, 2.75) is 51.6 Å². The van der Waals surface area contributed by atoms with Crippen LogP contribution in [0.4, 0.5) is 5.69 Å². The molecule has 3 N–H and O–H groups in total. The van der Waals surface area contributed by atoms with Crippen molar-refractivity contribution < 1.29 is 4.79 Å². The zero-order valence-electron chi connectivity index (χ0n) is 13.6. The number of anilines is 1. The number of carbonyl (C=O) groups is 1. The number of hydrogen-bond donors (Lipinski definition) is 2. The van der Waals surface area contributed by atoms with E-state index in [0.717, 1.165) is 44.3 Å². The molecule has 1 fully saturated rings. The van der Waals surface area contributed by atoms with Crippen LogP contribution in [0.15, 0.2) is 30.5 Å². The second-order valence-electron chi connectivity index (χ2n) is 6.40. The lowest BCUT2D eigenvalue weighted by Gasteiger charge is -2.25. The molecule has 1 amide bonds. The first-order valence-corrected chi connectivity index (χ1v) is 8.32. The number of halogens is 1. The number of aryl methyl sites for hydroxylation is 1. The van der Waals surface area contributed by atoms with E-state index < -0.39 is 0 Å². The van der Waals surface area contributed by atoms with E-state index in [9.17, 15) is 4.79 Å². The number of nitrogens with zero attached hydrogens (tertiary/aromatic N) is 1. The molecule has 1 aliphatic carbocycles. The zero-order valence-corrected chi connectivity index (χ0v) is 14.4. The van der Waals surface area contributed by atoms with E-state index in [4.69, 9.17) is 5.73 Å².